The van der Waals surface area contributed by atoms with Crippen molar-refractivity contribution in [1.82, 2.24) is 0 Å². The smallest absolute Gasteiger partial charge is 0.341 e. The van der Waals surface area contributed by atoms with Gasteiger partial charge in [-0.15, -0.1) is 0 Å². The third-order valence-corrected chi connectivity index (χ3v) is 2.31. The molecule has 0 unspecified atom stereocenters. The van der Waals surface area contributed by atoms with Gasteiger partial charge in [-0.3, -0.25) is 4.79 Å². The lowest BCUT2D eigenvalue weighted by atomic mass is 10.1. The number of esters is 1. The standard InChI is InChI=1S/C12H8F4O4/c1-20-6(17)4-2-3-5-8(13)10(15)7(12(18)19)11(16)9(5)14/h2-3H,4H2,1H3,(H,18,19). The van der Waals surface area contributed by atoms with Crippen molar-refractivity contribution in [2.24, 2.45) is 0 Å². The SMILES string of the molecule is COC(=O)CC=Cc1c(F)c(F)c(C(=O)O)c(F)c1F. The van der Waals surface area contributed by atoms with Crippen LogP contribution in [0.4, 0.5) is 17.6 Å². The topological polar surface area (TPSA) is 63.6 Å². The number of carbonyl (C=O) groups is 2. The van der Waals surface area contributed by atoms with E-state index in [1.54, 1.807) is 0 Å². The van der Waals surface area contributed by atoms with E-state index >= 15 is 0 Å². The van der Waals surface area contributed by atoms with E-state index in [2.05, 4.69) is 4.74 Å². The molecular formula is C12H8F4O4. The molecule has 0 fully saturated rings. The van der Waals surface area contributed by atoms with Crippen molar-refractivity contribution in [3.8, 4) is 0 Å². The van der Waals surface area contributed by atoms with Crippen LogP contribution < -0.4 is 0 Å². The monoisotopic (exact) mass is 292 g/mol. The number of carboxylic acid groups (broad SMARTS) is 1. The van der Waals surface area contributed by atoms with Crippen molar-refractivity contribution in [1.29, 1.82) is 0 Å². The second kappa shape index (κ2) is 6.18. The minimum atomic E-state index is -2.14. The summed E-state index contributed by atoms with van der Waals surface area (Å²) in [5.41, 5.74) is -2.83. The molecule has 0 amide bonds. The molecule has 0 saturated carbocycles. The summed E-state index contributed by atoms with van der Waals surface area (Å²) in [6, 6.07) is 0. The van der Waals surface area contributed by atoms with E-state index in [9.17, 15) is 27.2 Å². The maximum atomic E-state index is 13.5. The molecule has 0 atom stereocenters. The number of aromatic carboxylic acids is 1. The Morgan fingerprint density at radius 3 is 2.00 bits per heavy atom. The average Bonchev–Trinajstić information content (AvgIpc) is 2.40. The molecule has 20 heavy (non-hydrogen) atoms. The molecule has 0 heterocycles. The summed E-state index contributed by atoms with van der Waals surface area (Å²) in [5, 5.41) is 8.47. The Kier molecular flexibility index (Phi) is 4.84. The summed E-state index contributed by atoms with van der Waals surface area (Å²) in [4.78, 5) is 21.3. The number of halogens is 4. The molecular weight excluding hydrogens is 284 g/mol. The van der Waals surface area contributed by atoms with Crippen molar-refractivity contribution in [3.05, 3.63) is 40.5 Å². The van der Waals surface area contributed by atoms with Gasteiger partial charge in [-0.2, -0.15) is 0 Å². The number of hydrogen-bond donors (Lipinski definition) is 1. The second-order valence-corrected chi connectivity index (χ2v) is 3.53. The van der Waals surface area contributed by atoms with E-state index in [1.165, 1.54) is 0 Å². The predicted molar refractivity (Wildman–Crippen MR) is 58.9 cm³/mol. The Bertz CT molecular complexity index is 567. The van der Waals surface area contributed by atoms with Crippen LogP contribution in [0.2, 0.25) is 0 Å². The van der Waals surface area contributed by atoms with Gasteiger partial charge < -0.3 is 9.84 Å². The Morgan fingerprint density at radius 1 is 1.10 bits per heavy atom. The first kappa shape index (κ1) is 15.7. The van der Waals surface area contributed by atoms with Gasteiger partial charge in [-0.05, 0) is 0 Å². The second-order valence-electron chi connectivity index (χ2n) is 3.53. The molecule has 0 aliphatic heterocycles. The fourth-order valence-electron chi connectivity index (χ4n) is 1.34. The molecule has 0 aromatic heterocycles. The first-order valence-electron chi connectivity index (χ1n) is 5.13. The van der Waals surface area contributed by atoms with Gasteiger partial charge in [0, 0.05) is 0 Å². The average molecular weight is 292 g/mol. The quantitative estimate of drug-likeness (QED) is 0.526. The van der Waals surface area contributed by atoms with Gasteiger partial charge in [0.25, 0.3) is 0 Å². The lowest BCUT2D eigenvalue weighted by molar-refractivity contribution is -0.139. The van der Waals surface area contributed by atoms with E-state index in [0.717, 1.165) is 13.2 Å². The molecule has 4 nitrogen and oxygen atoms in total. The Balaban J connectivity index is 3.29. The normalized spacial score (nSPS) is 10.8. The highest BCUT2D eigenvalue weighted by Crippen LogP contribution is 2.25. The first-order chi connectivity index (χ1) is 9.31. The first-order valence-corrected chi connectivity index (χ1v) is 5.13. The van der Waals surface area contributed by atoms with Gasteiger partial charge in [0.1, 0.15) is 5.56 Å². The van der Waals surface area contributed by atoms with Crippen LogP contribution >= 0.6 is 0 Å². The third kappa shape index (κ3) is 2.95. The molecule has 8 heteroatoms. The van der Waals surface area contributed by atoms with Crippen LogP contribution in [0.15, 0.2) is 6.08 Å². The summed E-state index contributed by atoms with van der Waals surface area (Å²) in [6.45, 7) is 0. The van der Waals surface area contributed by atoms with Crippen LogP contribution in [0, 0.1) is 23.3 Å². The van der Waals surface area contributed by atoms with Crippen LogP contribution in [0.5, 0.6) is 0 Å². The number of ether oxygens (including phenoxy) is 1. The minimum absolute atomic E-state index is 0.376. The lowest BCUT2D eigenvalue weighted by Crippen LogP contribution is -2.11. The van der Waals surface area contributed by atoms with Gasteiger partial charge in [-0.1, -0.05) is 12.2 Å². The molecule has 0 aliphatic rings. The molecule has 108 valence electrons. The largest absolute Gasteiger partial charge is 0.477 e. The number of carboxylic acids is 1. The van der Waals surface area contributed by atoms with Gasteiger partial charge in [0.2, 0.25) is 0 Å². The van der Waals surface area contributed by atoms with E-state index < -0.39 is 46.3 Å². The minimum Gasteiger partial charge on any atom is -0.477 e. The van der Waals surface area contributed by atoms with Gasteiger partial charge in [0.05, 0.1) is 19.1 Å². The summed E-state index contributed by atoms with van der Waals surface area (Å²) >= 11 is 0. The number of carbonyl (C=O) groups excluding carboxylic acids is 1. The number of hydrogen-bond acceptors (Lipinski definition) is 3. The lowest BCUT2D eigenvalue weighted by Gasteiger charge is -2.06. The molecule has 1 N–H and O–H groups in total. The van der Waals surface area contributed by atoms with Crippen LogP contribution in [-0.2, 0) is 9.53 Å². The van der Waals surface area contributed by atoms with E-state index in [0.29, 0.717) is 6.08 Å². The number of benzene rings is 1. The van der Waals surface area contributed by atoms with E-state index in [-0.39, 0.29) is 6.42 Å². The summed E-state index contributed by atoms with van der Waals surface area (Å²) in [6.07, 6.45) is 1.17. The number of methoxy groups -OCH3 is 1. The fourth-order valence-corrected chi connectivity index (χ4v) is 1.34. The summed E-state index contributed by atoms with van der Waals surface area (Å²) in [5.74, 6) is -10.6. The number of rotatable bonds is 4. The molecule has 1 aromatic rings. The zero-order valence-corrected chi connectivity index (χ0v) is 10.0. The van der Waals surface area contributed by atoms with E-state index in [4.69, 9.17) is 5.11 Å². The molecule has 0 spiro atoms. The summed E-state index contributed by atoms with van der Waals surface area (Å²) < 4.78 is 57.8. The zero-order chi connectivity index (χ0) is 15.4. The molecule has 0 aliphatic carbocycles. The highest BCUT2D eigenvalue weighted by atomic mass is 19.2. The zero-order valence-electron chi connectivity index (χ0n) is 10.0. The maximum absolute atomic E-state index is 13.5. The highest BCUT2D eigenvalue weighted by molar-refractivity contribution is 5.88. The Hall–Kier alpha value is -2.38. The maximum Gasteiger partial charge on any atom is 0.341 e. The van der Waals surface area contributed by atoms with Crippen LogP contribution in [-0.4, -0.2) is 24.2 Å². The van der Waals surface area contributed by atoms with E-state index in [1.807, 2.05) is 0 Å². The molecule has 1 rings (SSSR count). The molecule has 0 saturated heterocycles. The predicted octanol–water partition coefficient (Wildman–Crippen LogP) is 2.52. The highest BCUT2D eigenvalue weighted by Gasteiger charge is 2.28. The van der Waals surface area contributed by atoms with Crippen molar-refractivity contribution in [3.63, 3.8) is 0 Å². The van der Waals surface area contributed by atoms with Crippen molar-refractivity contribution in [2.45, 2.75) is 6.42 Å². The van der Waals surface area contributed by atoms with Crippen LogP contribution in [0.25, 0.3) is 6.08 Å². The third-order valence-electron chi connectivity index (χ3n) is 2.31. The summed E-state index contributed by atoms with van der Waals surface area (Å²) in [7, 11) is 1.08. The van der Waals surface area contributed by atoms with Crippen molar-refractivity contribution >= 4 is 18.0 Å². The molecule has 0 bridgehead atoms. The van der Waals surface area contributed by atoms with Crippen molar-refractivity contribution < 1.29 is 37.0 Å². The Labute approximate surface area is 110 Å². The van der Waals surface area contributed by atoms with Gasteiger partial charge >= 0.3 is 11.9 Å². The molecule has 1 aromatic carbocycles. The molecule has 0 radical (unpaired) electrons. The van der Waals surface area contributed by atoms with Crippen LogP contribution in [0.3, 0.4) is 0 Å². The van der Waals surface area contributed by atoms with Crippen LogP contribution in [0.1, 0.15) is 22.3 Å². The fraction of sp³-hybridized carbons (Fsp3) is 0.167. The van der Waals surface area contributed by atoms with Gasteiger partial charge in [0.15, 0.2) is 23.3 Å². The Morgan fingerprint density at radius 2 is 1.60 bits per heavy atom. The van der Waals surface area contributed by atoms with Crippen molar-refractivity contribution in [2.75, 3.05) is 7.11 Å². The van der Waals surface area contributed by atoms with Gasteiger partial charge in [-0.25, -0.2) is 22.4 Å².